The number of piperidine rings is 1. The number of aryl methyl sites for hydroxylation is 1. The molecule has 1 saturated heterocycles. The second-order valence-electron chi connectivity index (χ2n) is 7.73. The van der Waals surface area contributed by atoms with Gasteiger partial charge in [-0.3, -0.25) is 19.7 Å². The van der Waals surface area contributed by atoms with Crippen molar-refractivity contribution in [2.75, 3.05) is 0 Å². The minimum Gasteiger partial charge on any atom is -0.333 e. The molecule has 10 nitrogen and oxygen atoms in total. The molecule has 0 saturated carbocycles. The lowest BCUT2D eigenvalue weighted by molar-refractivity contribution is -0.136. The molecule has 3 amide bonds. The number of hydrogen-bond donors (Lipinski definition) is 1. The molecule has 1 N–H and O–H groups in total. The molecule has 0 radical (unpaired) electrons. The number of rotatable bonds is 3. The van der Waals surface area contributed by atoms with E-state index in [1.807, 2.05) is 29.8 Å². The van der Waals surface area contributed by atoms with Crippen LogP contribution in [-0.4, -0.2) is 48.2 Å². The average molecular weight is 427 g/mol. The van der Waals surface area contributed by atoms with Gasteiger partial charge < -0.3 is 9.47 Å². The number of aromatic nitrogens is 4. The van der Waals surface area contributed by atoms with Crippen molar-refractivity contribution >= 4 is 17.7 Å². The molecule has 0 spiro atoms. The van der Waals surface area contributed by atoms with Gasteiger partial charge in [-0.1, -0.05) is 6.07 Å². The van der Waals surface area contributed by atoms with Crippen LogP contribution in [0.5, 0.6) is 0 Å². The predicted octanol–water partition coefficient (Wildman–Crippen LogP) is 1.18. The number of nitrogens with one attached hydrogen (secondary N) is 1. The van der Waals surface area contributed by atoms with Gasteiger partial charge in [0.2, 0.25) is 17.6 Å². The van der Waals surface area contributed by atoms with E-state index in [1.54, 1.807) is 24.8 Å². The van der Waals surface area contributed by atoms with E-state index in [1.165, 1.54) is 4.90 Å². The number of amides is 3. The van der Waals surface area contributed by atoms with Crippen LogP contribution in [0.3, 0.4) is 0 Å². The predicted molar refractivity (Wildman–Crippen MR) is 110 cm³/mol. The molecule has 0 bridgehead atoms. The van der Waals surface area contributed by atoms with E-state index in [4.69, 9.17) is 5.26 Å². The molecule has 0 aliphatic carbocycles. The maximum atomic E-state index is 12.9. The van der Waals surface area contributed by atoms with Gasteiger partial charge in [0.15, 0.2) is 0 Å². The van der Waals surface area contributed by atoms with Crippen LogP contribution in [0.15, 0.2) is 36.9 Å². The Morgan fingerprint density at radius 2 is 1.91 bits per heavy atom. The van der Waals surface area contributed by atoms with Crippen molar-refractivity contribution in [3.8, 4) is 28.6 Å². The Kier molecular flexibility index (Phi) is 4.52. The summed E-state index contributed by atoms with van der Waals surface area (Å²) < 4.78 is 1.84. The molecule has 5 rings (SSSR count). The highest BCUT2D eigenvalue weighted by Crippen LogP contribution is 2.34. The molecular formula is C22H17N7O3. The van der Waals surface area contributed by atoms with Crippen LogP contribution in [0.25, 0.3) is 22.5 Å². The van der Waals surface area contributed by atoms with Gasteiger partial charge in [-0.05, 0) is 24.1 Å². The first-order chi connectivity index (χ1) is 15.5. The zero-order chi connectivity index (χ0) is 22.4. The lowest BCUT2D eigenvalue weighted by Crippen LogP contribution is -2.52. The van der Waals surface area contributed by atoms with E-state index in [2.05, 4.69) is 20.3 Å². The third-order valence-corrected chi connectivity index (χ3v) is 5.76. The van der Waals surface area contributed by atoms with E-state index in [0.29, 0.717) is 23.2 Å². The summed E-state index contributed by atoms with van der Waals surface area (Å²) in [5.74, 6) is -0.882. The number of nitrogens with zero attached hydrogens (tertiary/aromatic N) is 6. The molecule has 2 aliphatic heterocycles. The van der Waals surface area contributed by atoms with E-state index >= 15 is 0 Å². The number of nitriles is 1. The number of fused-ring (bicyclic) bond motifs is 1. The Labute approximate surface area is 182 Å². The average Bonchev–Trinajstić information content (AvgIpc) is 3.33. The summed E-state index contributed by atoms with van der Waals surface area (Å²) in [6.07, 6.45) is 5.37. The van der Waals surface area contributed by atoms with Gasteiger partial charge in [-0.25, -0.2) is 15.0 Å². The molecular weight excluding hydrogens is 410 g/mol. The molecule has 32 heavy (non-hydrogen) atoms. The summed E-state index contributed by atoms with van der Waals surface area (Å²) in [5, 5.41) is 11.2. The van der Waals surface area contributed by atoms with Gasteiger partial charge in [-0.15, -0.1) is 0 Å². The highest BCUT2D eigenvalue weighted by Gasteiger charge is 2.39. The normalized spacial score (nSPS) is 17.8. The molecule has 4 heterocycles. The summed E-state index contributed by atoms with van der Waals surface area (Å²) in [6, 6.07) is 6.71. The van der Waals surface area contributed by atoms with Crippen LogP contribution in [0.2, 0.25) is 0 Å². The van der Waals surface area contributed by atoms with Gasteiger partial charge in [-0.2, -0.15) is 5.26 Å². The van der Waals surface area contributed by atoms with Crippen molar-refractivity contribution in [2.24, 2.45) is 7.05 Å². The second-order valence-corrected chi connectivity index (χ2v) is 7.73. The topological polar surface area (TPSA) is 134 Å². The first-order valence-corrected chi connectivity index (χ1v) is 9.98. The standard InChI is InChI=1S/C22H17N7O3/c1-28-11-26-19(20(28)14-8-24-17(7-23)25-9-14)12-2-3-15-13(6-12)10-29(22(15)32)16-4-5-18(30)27-21(16)31/h2-3,6,8-9,11,16H,4-5,10H2,1H3,(H,27,30,31). The van der Waals surface area contributed by atoms with Crippen LogP contribution in [0, 0.1) is 11.3 Å². The Morgan fingerprint density at radius 1 is 1.12 bits per heavy atom. The highest BCUT2D eigenvalue weighted by atomic mass is 16.2. The van der Waals surface area contributed by atoms with Crippen LogP contribution in [-0.2, 0) is 23.2 Å². The summed E-state index contributed by atoms with van der Waals surface area (Å²) in [4.78, 5) is 50.8. The summed E-state index contributed by atoms with van der Waals surface area (Å²) in [5.41, 5.74) is 4.32. The number of imide groups is 1. The molecule has 1 atom stereocenters. The quantitative estimate of drug-likeness (QED) is 0.620. The van der Waals surface area contributed by atoms with Crippen molar-refractivity contribution < 1.29 is 14.4 Å². The number of carbonyl (C=O) groups excluding carboxylic acids is 3. The van der Waals surface area contributed by atoms with Gasteiger partial charge in [0.1, 0.15) is 12.1 Å². The number of imidazole rings is 1. The maximum Gasteiger partial charge on any atom is 0.255 e. The van der Waals surface area contributed by atoms with Crippen molar-refractivity contribution in [2.45, 2.75) is 25.4 Å². The smallest absolute Gasteiger partial charge is 0.255 e. The molecule has 2 aromatic heterocycles. The largest absolute Gasteiger partial charge is 0.333 e. The first-order valence-electron chi connectivity index (χ1n) is 9.98. The number of benzene rings is 1. The Balaban J connectivity index is 1.48. The lowest BCUT2D eigenvalue weighted by Gasteiger charge is -2.29. The van der Waals surface area contributed by atoms with Gasteiger partial charge in [0, 0.05) is 49.1 Å². The lowest BCUT2D eigenvalue weighted by atomic mass is 10.0. The first kappa shape index (κ1) is 19.6. The zero-order valence-electron chi connectivity index (χ0n) is 17.1. The SMILES string of the molecule is Cn1cnc(-c2ccc3c(c2)CN(C2CCC(=O)NC2=O)C3=O)c1-c1cnc(C#N)nc1. The Bertz CT molecular complexity index is 1320. The van der Waals surface area contributed by atoms with E-state index < -0.39 is 11.9 Å². The molecule has 10 heteroatoms. The Morgan fingerprint density at radius 3 is 2.62 bits per heavy atom. The molecule has 3 aromatic rings. The third-order valence-electron chi connectivity index (χ3n) is 5.76. The van der Waals surface area contributed by atoms with Gasteiger partial charge in [0.05, 0.1) is 17.7 Å². The zero-order valence-corrected chi connectivity index (χ0v) is 17.1. The van der Waals surface area contributed by atoms with Crippen molar-refractivity contribution in [1.29, 1.82) is 5.26 Å². The fourth-order valence-corrected chi connectivity index (χ4v) is 4.21. The summed E-state index contributed by atoms with van der Waals surface area (Å²) in [6.45, 7) is 0.288. The highest BCUT2D eigenvalue weighted by molar-refractivity contribution is 6.05. The van der Waals surface area contributed by atoms with Crippen molar-refractivity contribution in [3.63, 3.8) is 0 Å². The maximum absolute atomic E-state index is 12.9. The monoisotopic (exact) mass is 427 g/mol. The Hall–Kier alpha value is -4.39. The fourth-order valence-electron chi connectivity index (χ4n) is 4.21. The third kappa shape index (κ3) is 3.11. The number of carbonyl (C=O) groups is 3. The van der Waals surface area contributed by atoms with Crippen molar-refractivity contribution in [1.82, 2.24) is 29.7 Å². The summed E-state index contributed by atoms with van der Waals surface area (Å²) in [7, 11) is 1.85. The number of hydrogen-bond acceptors (Lipinski definition) is 7. The minimum absolute atomic E-state index is 0.0852. The van der Waals surface area contributed by atoms with E-state index in [9.17, 15) is 14.4 Å². The minimum atomic E-state index is -0.655. The fraction of sp³-hybridized carbons (Fsp3) is 0.227. The molecule has 1 unspecified atom stereocenters. The van der Waals surface area contributed by atoms with Crippen LogP contribution in [0.4, 0.5) is 0 Å². The van der Waals surface area contributed by atoms with E-state index in [-0.39, 0.29) is 30.6 Å². The molecule has 158 valence electrons. The van der Waals surface area contributed by atoms with Crippen molar-refractivity contribution in [3.05, 3.63) is 53.9 Å². The summed E-state index contributed by atoms with van der Waals surface area (Å²) >= 11 is 0. The van der Waals surface area contributed by atoms with E-state index in [0.717, 1.165) is 16.8 Å². The van der Waals surface area contributed by atoms with Crippen LogP contribution in [0.1, 0.15) is 34.6 Å². The van der Waals surface area contributed by atoms with Gasteiger partial charge in [0.25, 0.3) is 5.91 Å². The van der Waals surface area contributed by atoms with Crippen LogP contribution < -0.4 is 5.32 Å². The molecule has 1 aromatic carbocycles. The van der Waals surface area contributed by atoms with Crippen LogP contribution >= 0.6 is 0 Å². The second kappa shape index (κ2) is 7.39. The molecule has 2 aliphatic rings. The molecule has 1 fully saturated rings. The van der Waals surface area contributed by atoms with Gasteiger partial charge >= 0.3 is 0 Å².